The van der Waals surface area contributed by atoms with Crippen molar-refractivity contribution in [2.75, 3.05) is 0 Å². The summed E-state index contributed by atoms with van der Waals surface area (Å²) >= 11 is 0. The molecule has 0 radical (unpaired) electrons. The van der Waals surface area contributed by atoms with Crippen molar-refractivity contribution < 1.29 is 15.0 Å². The van der Waals surface area contributed by atoms with Crippen molar-refractivity contribution in [3.63, 3.8) is 0 Å². The Morgan fingerprint density at radius 3 is 2.21 bits per heavy atom. The molecule has 3 heteroatoms. The lowest BCUT2D eigenvalue weighted by Gasteiger charge is -2.10. The van der Waals surface area contributed by atoms with Gasteiger partial charge in [0.25, 0.3) is 0 Å². The van der Waals surface area contributed by atoms with Gasteiger partial charge in [0.15, 0.2) is 5.78 Å². The van der Waals surface area contributed by atoms with Crippen LogP contribution in [0.25, 0.3) is 0 Å². The summed E-state index contributed by atoms with van der Waals surface area (Å²) in [5, 5.41) is 19.1. The molecule has 0 aliphatic carbocycles. The molecule has 2 N–H and O–H groups in total. The van der Waals surface area contributed by atoms with Gasteiger partial charge in [-0.25, -0.2) is 0 Å². The van der Waals surface area contributed by atoms with E-state index in [0.717, 1.165) is 11.1 Å². The average molecular weight is 256 g/mol. The number of aliphatic hydroxyl groups excluding tert-OH is 1. The van der Waals surface area contributed by atoms with E-state index < -0.39 is 6.10 Å². The number of hydrogen-bond acceptors (Lipinski definition) is 3. The van der Waals surface area contributed by atoms with Gasteiger partial charge in [-0.15, -0.1) is 0 Å². The number of aliphatic hydroxyl groups is 1. The van der Waals surface area contributed by atoms with Crippen molar-refractivity contribution in [1.29, 1.82) is 0 Å². The number of phenols is 1. The van der Waals surface area contributed by atoms with Crippen LogP contribution in [0, 0.1) is 0 Å². The van der Waals surface area contributed by atoms with Gasteiger partial charge in [-0.1, -0.05) is 42.5 Å². The maximum absolute atomic E-state index is 11.9. The second kappa shape index (κ2) is 6.16. The van der Waals surface area contributed by atoms with Crippen molar-refractivity contribution in [3.8, 4) is 5.75 Å². The highest BCUT2D eigenvalue weighted by molar-refractivity contribution is 5.85. The molecular formula is C16H16O3. The lowest BCUT2D eigenvalue weighted by Crippen LogP contribution is -2.24. The molecule has 0 saturated heterocycles. The van der Waals surface area contributed by atoms with Crippen molar-refractivity contribution >= 4 is 5.78 Å². The van der Waals surface area contributed by atoms with Gasteiger partial charge in [0.2, 0.25) is 0 Å². The fourth-order valence-corrected chi connectivity index (χ4v) is 1.88. The summed E-state index contributed by atoms with van der Waals surface area (Å²) in [5.74, 6) is -0.0203. The summed E-state index contributed by atoms with van der Waals surface area (Å²) in [6.45, 7) is 0. The minimum atomic E-state index is -1.01. The zero-order valence-electron chi connectivity index (χ0n) is 10.5. The van der Waals surface area contributed by atoms with E-state index in [1.54, 1.807) is 24.3 Å². The number of rotatable bonds is 5. The van der Waals surface area contributed by atoms with Crippen LogP contribution in [-0.4, -0.2) is 22.1 Å². The van der Waals surface area contributed by atoms with Crippen LogP contribution in [0.5, 0.6) is 5.75 Å². The molecule has 0 amide bonds. The molecule has 3 nitrogen and oxygen atoms in total. The number of ketones is 1. The number of aromatic hydroxyl groups is 1. The maximum atomic E-state index is 11.9. The van der Waals surface area contributed by atoms with Gasteiger partial charge in [0, 0.05) is 12.8 Å². The van der Waals surface area contributed by atoms with Crippen LogP contribution in [0.1, 0.15) is 11.1 Å². The van der Waals surface area contributed by atoms with Crippen LogP contribution in [-0.2, 0) is 17.6 Å². The monoisotopic (exact) mass is 256 g/mol. The number of phenolic OH excluding ortho intramolecular Hbond substituents is 1. The molecule has 0 fully saturated rings. The molecule has 0 aliphatic rings. The molecular weight excluding hydrogens is 240 g/mol. The number of carbonyl (C=O) groups is 1. The number of Topliss-reactive ketones (excluding diaryl/α,β-unsaturated/α-hetero) is 1. The summed E-state index contributed by atoms with van der Waals surface area (Å²) < 4.78 is 0. The lowest BCUT2D eigenvalue weighted by molar-refractivity contribution is -0.126. The van der Waals surface area contributed by atoms with E-state index in [2.05, 4.69) is 0 Å². The highest BCUT2D eigenvalue weighted by Gasteiger charge is 2.15. The summed E-state index contributed by atoms with van der Waals surface area (Å²) in [6, 6.07) is 15.9. The fourth-order valence-electron chi connectivity index (χ4n) is 1.88. The Morgan fingerprint density at radius 2 is 1.58 bits per heavy atom. The Bertz CT molecular complexity index is 532. The zero-order valence-corrected chi connectivity index (χ0v) is 10.5. The summed E-state index contributed by atoms with van der Waals surface area (Å²) in [5.41, 5.74) is 1.73. The Morgan fingerprint density at radius 1 is 0.947 bits per heavy atom. The molecule has 0 bridgehead atoms. The van der Waals surface area contributed by atoms with E-state index in [0.29, 0.717) is 0 Å². The molecule has 0 saturated carbocycles. The SMILES string of the molecule is O=C(Cc1ccccc1)C(O)Cc1ccc(O)cc1. The Hall–Kier alpha value is -2.13. The topological polar surface area (TPSA) is 57.5 Å². The molecule has 19 heavy (non-hydrogen) atoms. The smallest absolute Gasteiger partial charge is 0.165 e. The molecule has 0 spiro atoms. The number of benzene rings is 2. The van der Waals surface area contributed by atoms with Crippen LogP contribution in [0.2, 0.25) is 0 Å². The standard InChI is InChI=1S/C16H16O3/c17-14-8-6-13(7-9-14)11-16(19)15(18)10-12-4-2-1-3-5-12/h1-9,16-17,19H,10-11H2. The van der Waals surface area contributed by atoms with Crippen molar-refractivity contribution in [1.82, 2.24) is 0 Å². The van der Waals surface area contributed by atoms with Gasteiger partial charge in [0.1, 0.15) is 11.9 Å². The molecule has 2 aromatic carbocycles. The first-order valence-electron chi connectivity index (χ1n) is 6.18. The van der Waals surface area contributed by atoms with Gasteiger partial charge < -0.3 is 10.2 Å². The van der Waals surface area contributed by atoms with E-state index in [4.69, 9.17) is 5.11 Å². The van der Waals surface area contributed by atoms with Crippen LogP contribution in [0.3, 0.4) is 0 Å². The molecule has 2 aromatic rings. The van der Waals surface area contributed by atoms with Gasteiger partial charge in [-0.3, -0.25) is 4.79 Å². The highest BCUT2D eigenvalue weighted by atomic mass is 16.3. The second-order valence-electron chi connectivity index (χ2n) is 4.52. The van der Waals surface area contributed by atoms with Crippen molar-refractivity contribution in [3.05, 3.63) is 65.7 Å². The van der Waals surface area contributed by atoms with Gasteiger partial charge >= 0.3 is 0 Å². The Labute approximate surface area is 112 Å². The lowest BCUT2D eigenvalue weighted by atomic mass is 10.00. The third-order valence-electron chi connectivity index (χ3n) is 2.96. The second-order valence-corrected chi connectivity index (χ2v) is 4.52. The van der Waals surface area contributed by atoms with E-state index in [9.17, 15) is 9.90 Å². The van der Waals surface area contributed by atoms with E-state index >= 15 is 0 Å². The summed E-state index contributed by atoms with van der Waals surface area (Å²) in [6.07, 6.45) is -0.504. The van der Waals surface area contributed by atoms with E-state index in [1.165, 1.54) is 0 Å². The number of hydrogen-bond donors (Lipinski definition) is 2. The quantitative estimate of drug-likeness (QED) is 0.861. The number of carbonyl (C=O) groups excluding carboxylic acids is 1. The minimum absolute atomic E-state index is 0.175. The normalized spacial score (nSPS) is 12.1. The first kappa shape index (κ1) is 13.3. The predicted molar refractivity (Wildman–Crippen MR) is 73.0 cm³/mol. The fraction of sp³-hybridized carbons (Fsp3) is 0.188. The van der Waals surface area contributed by atoms with E-state index in [-0.39, 0.29) is 24.4 Å². The first-order chi connectivity index (χ1) is 9.15. The molecule has 2 rings (SSSR count). The van der Waals surface area contributed by atoms with Crippen molar-refractivity contribution in [2.24, 2.45) is 0 Å². The summed E-state index contributed by atoms with van der Waals surface area (Å²) in [4.78, 5) is 11.9. The van der Waals surface area contributed by atoms with Crippen LogP contribution in [0.4, 0.5) is 0 Å². The molecule has 0 aliphatic heterocycles. The molecule has 1 atom stereocenters. The average Bonchev–Trinajstić information content (AvgIpc) is 2.42. The maximum Gasteiger partial charge on any atom is 0.165 e. The van der Waals surface area contributed by atoms with Gasteiger partial charge in [0.05, 0.1) is 0 Å². The third-order valence-corrected chi connectivity index (χ3v) is 2.96. The van der Waals surface area contributed by atoms with Crippen LogP contribution >= 0.6 is 0 Å². The van der Waals surface area contributed by atoms with Gasteiger partial charge in [-0.2, -0.15) is 0 Å². The predicted octanol–water partition coefficient (Wildman–Crippen LogP) is 2.11. The van der Waals surface area contributed by atoms with Gasteiger partial charge in [-0.05, 0) is 23.3 Å². The summed E-state index contributed by atoms with van der Waals surface area (Å²) in [7, 11) is 0. The Balaban J connectivity index is 1.94. The zero-order chi connectivity index (χ0) is 13.7. The molecule has 0 aromatic heterocycles. The molecule has 0 heterocycles. The largest absolute Gasteiger partial charge is 0.508 e. The third kappa shape index (κ3) is 3.93. The minimum Gasteiger partial charge on any atom is -0.508 e. The van der Waals surface area contributed by atoms with Crippen molar-refractivity contribution in [2.45, 2.75) is 18.9 Å². The Kier molecular flexibility index (Phi) is 4.31. The van der Waals surface area contributed by atoms with Crippen LogP contribution in [0.15, 0.2) is 54.6 Å². The first-order valence-corrected chi connectivity index (χ1v) is 6.18. The van der Waals surface area contributed by atoms with E-state index in [1.807, 2.05) is 30.3 Å². The van der Waals surface area contributed by atoms with Crippen LogP contribution < -0.4 is 0 Å². The highest BCUT2D eigenvalue weighted by Crippen LogP contribution is 2.12. The molecule has 1 unspecified atom stereocenters. The molecule has 98 valence electrons.